The number of rotatable bonds is 7. The molecule has 0 amide bonds. The van der Waals surface area contributed by atoms with Crippen molar-refractivity contribution < 1.29 is 8.42 Å². The van der Waals surface area contributed by atoms with E-state index >= 15 is 0 Å². The first kappa shape index (κ1) is 18.4. The monoisotopic (exact) mass is 343 g/mol. The molecule has 0 atom stereocenters. The molecule has 0 aromatic heterocycles. The van der Waals surface area contributed by atoms with E-state index in [1.807, 2.05) is 30.3 Å². The van der Waals surface area contributed by atoms with Crippen LogP contribution < -0.4 is 4.72 Å². The lowest BCUT2D eigenvalue weighted by atomic mass is 9.69. The van der Waals surface area contributed by atoms with Gasteiger partial charge in [0.2, 0.25) is 10.0 Å². The number of aryl methyl sites for hydroxylation is 2. The lowest BCUT2D eigenvalue weighted by Crippen LogP contribution is -2.42. The maximum absolute atomic E-state index is 11.8. The van der Waals surface area contributed by atoms with Crippen LogP contribution in [-0.2, 0) is 15.4 Å². The van der Waals surface area contributed by atoms with Crippen molar-refractivity contribution in [2.45, 2.75) is 25.7 Å². The Morgan fingerprint density at radius 2 is 1.46 bits per heavy atom. The summed E-state index contributed by atoms with van der Waals surface area (Å²) in [6.07, 6.45) is 3.70. The number of benzene rings is 2. The molecule has 2 rings (SSSR count). The van der Waals surface area contributed by atoms with E-state index in [9.17, 15) is 8.42 Å². The molecule has 2 aromatic rings. The van der Waals surface area contributed by atoms with E-state index in [1.165, 1.54) is 6.26 Å². The van der Waals surface area contributed by atoms with Gasteiger partial charge in [-0.05, 0) is 42.5 Å². The highest BCUT2D eigenvalue weighted by Crippen LogP contribution is 2.39. The van der Waals surface area contributed by atoms with Gasteiger partial charge in [-0.15, -0.1) is 6.58 Å². The molecule has 0 fully saturated rings. The average Bonchev–Trinajstić information content (AvgIpc) is 2.52. The Balaban J connectivity index is 2.72. The van der Waals surface area contributed by atoms with Gasteiger partial charge in [0, 0.05) is 12.0 Å². The van der Waals surface area contributed by atoms with Gasteiger partial charge in [-0.25, -0.2) is 13.1 Å². The first-order valence-electron chi connectivity index (χ1n) is 7.98. The SMILES string of the molecule is C=CCC(CNS(C)(=O)=O)(c1ccccc1C)c1ccccc1C. The van der Waals surface area contributed by atoms with Crippen LogP contribution in [0.5, 0.6) is 0 Å². The molecule has 24 heavy (non-hydrogen) atoms. The predicted octanol–water partition coefficient (Wildman–Crippen LogP) is 3.71. The van der Waals surface area contributed by atoms with Crippen LogP contribution in [-0.4, -0.2) is 21.2 Å². The fraction of sp³-hybridized carbons (Fsp3) is 0.300. The zero-order valence-electron chi connectivity index (χ0n) is 14.5. The molecule has 0 radical (unpaired) electrons. The molecule has 0 aliphatic carbocycles. The van der Waals surface area contributed by atoms with Gasteiger partial charge in [-0.1, -0.05) is 54.6 Å². The third kappa shape index (κ3) is 3.94. The minimum atomic E-state index is -3.30. The largest absolute Gasteiger partial charge is 0.214 e. The maximum Gasteiger partial charge on any atom is 0.208 e. The second-order valence-corrected chi connectivity index (χ2v) is 8.13. The first-order valence-corrected chi connectivity index (χ1v) is 9.87. The summed E-state index contributed by atoms with van der Waals surface area (Å²) in [6.45, 7) is 8.35. The lowest BCUT2D eigenvalue weighted by Gasteiger charge is -2.36. The first-order chi connectivity index (χ1) is 11.3. The minimum absolute atomic E-state index is 0.299. The molecule has 1 N–H and O–H groups in total. The van der Waals surface area contributed by atoms with Crippen LogP contribution in [0.25, 0.3) is 0 Å². The van der Waals surface area contributed by atoms with Gasteiger partial charge >= 0.3 is 0 Å². The van der Waals surface area contributed by atoms with E-state index in [0.717, 1.165) is 22.3 Å². The fourth-order valence-electron chi connectivity index (χ4n) is 3.35. The Morgan fingerprint density at radius 3 is 1.83 bits per heavy atom. The van der Waals surface area contributed by atoms with Gasteiger partial charge in [0.15, 0.2) is 0 Å². The molecule has 0 saturated carbocycles. The smallest absolute Gasteiger partial charge is 0.208 e. The number of sulfonamides is 1. The van der Waals surface area contributed by atoms with Crippen LogP contribution >= 0.6 is 0 Å². The van der Waals surface area contributed by atoms with Crippen molar-refractivity contribution in [2.75, 3.05) is 12.8 Å². The van der Waals surface area contributed by atoms with Gasteiger partial charge in [-0.3, -0.25) is 0 Å². The van der Waals surface area contributed by atoms with E-state index in [0.29, 0.717) is 13.0 Å². The summed E-state index contributed by atoms with van der Waals surface area (Å²) in [5.74, 6) is 0. The highest BCUT2D eigenvalue weighted by molar-refractivity contribution is 7.88. The third-order valence-electron chi connectivity index (χ3n) is 4.45. The molecule has 0 aliphatic heterocycles. The third-order valence-corrected chi connectivity index (χ3v) is 5.12. The Kier molecular flexibility index (Phi) is 5.62. The van der Waals surface area contributed by atoms with Crippen LogP contribution in [0.1, 0.15) is 28.7 Å². The topological polar surface area (TPSA) is 46.2 Å². The van der Waals surface area contributed by atoms with E-state index in [4.69, 9.17) is 0 Å². The molecule has 0 saturated heterocycles. The zero-order valence-corrected chi connectivity index (χ0v) is 15.4. The fourth-order valence-corrected chi connectivity index (χ4v) is 3.86. The maximum atomic E-state index is 11.8. The van der Waals surface area contributed by atoms with Gasteiger partial charge in [-0.2, -0.15) is 0 Å². The molecule has 128 valence electrons. The van der Waals surface area contributed by atoms with Crippen LogP contribution in [0.3, 0.4) is 0 Å². The summed E-state index contributed by atoms with van der Waals surface area (Å²) >= 11 is 0. The number of hydrogen-bond donors (Lipinski definition) is 1. The summed E-state index contributed by atoms with van der Waals surface area (Å²) in [5, 5.41) is 0. The molecule has 4 heteroatoms. The lowest BCUT2D eigenvalue weighted by molar-refractivity contribution is 0.496. The molecular weight excluding hydrogens is 318 g/mol. The molecule has 0 bridgehead atoms. The Bertz CT molecular complexity index is 780. The zero-order chi connectivity index (χ0) is 17.8. The standard InChI is InChI=1S/C20H25NO2S/c1-5-14-20(15-21-24(4,22)23,18-12-8-6-10-16(18)2)19-13-9-7-11-17(19)3/h5-13,21H,1,14-15H2,2-4H3. The average molecular weight is 343 g/mol. The summed E-state index contributed by atoms with van der Waals surface area (Å²) in [5.41, 5.74) is 4.03. The summed E-state index contributed by atoms with van der Waals surface area (Å²) in [6, 6.07) is 16.3. The Hall–Kier alpha value is -1.91. The number of nitrogens with one attached hydrogen (secondary N) is 1. The highest BCUT2D eigenvalue weighted by Gasteiger charge is 2.36. The molecule has 0 unspecified atom stereocenters. The van der Waals surface area contributed by atoms with Crippen LogP contribution in [0, 0.1) is 13.8 Å². The highest BCUT2D eigenvalue weighted by atomic mass is 32.2. The van der Waals surface area contributed by atoms with E-state index < -0.39 is 15.4 Å². The molecule has 0 aliphatic rings. The van der Waals surface area contributed by atoms with Crippen molar-refractivity contribution in [2.24, 2.45) is 0 Å². The Morgan fingerprint density at radius 1 is 1.00 bits per heavy atom. The van der Waals surface area contributed by atoms with Crippen molar-refractivity contribution in [3.05, 3.63) is 83.4 Å². The second kappa shape index (κ2) is 7.32. The van der Waals surface area contributed by atoms with Gasteiger partial charge < -0.3 is 0 Å². The van der Waals surface area contributed by atoms with Crippen molar-refractivity contribution in [3.8, 4) is 0 Å². The van der Waals surface area contributed by atoms with Crippen molar-refractivity contribution >= 4 is 10.0 Å². The van der Waals surface area contributed by atoms with Gasteiger partial charge in [0.05, 0.1) is 6.26 Å². The number of allylic oxidation sites excluding steroid dienone is 1. The predicted molar refractivity (Wildman–Crippen MR) is 101 cm³/mol. The summed E-state index contributed by atoms with van der Waals surface area (Å²) in [7, 11) is -3.30. The van der Waals surface area contributed by atoms with Crippen LogP contribution in [0.4, 0.5) is 0 Å². The minimum Gasteiger partial charge on any atom is -0.214 e. The molecular formula is C20H25NO2S. The normalized spacial score (nSPS) is 12.1. The Labute approximate surface area is 145 Å². The van der Waals surface area contributed by atoms with Gasteiger partial charge in [0.25, 0.3) is 0 Å². The summed E-state index contributed by atoms with van der Waals surface area (Å²) < 4.78 is 26.3. The van der Waals surface area contributed by atoms with E-state index in [2.05, 4.69) is 49.4 Å². The van der Waals surface area contributed by atoms with Crippen molar-refractivity contribution in [1.29, 1.82) is 0 Å². The van der Waals surface area contributed by atoms with Crippen LogP contribution in [0.15, 0.2) is 61.2 Å². The van der Waals surface area contributed by atoms with Crippen molar-refractivity contribution in [1.82, 2.24) is 4.72 Å². The van der Waals surface area contributed by atoms with E-state index in [-0.39, 0.29) is 0 Å². The molecule has 2 aromatic carbocycles. The van der Waals surface area contributed by atoms with E-state index in [1.54, 1.807) is 0 Å². The second-order valence-electron chi connectivity index (χ2n) is 6.30. The number of hydrogen-bond acceptors (Lipinski definition) is 2. The van der Waals surface area contributed by atoms with Crippen molar-refractivity contribution in [3.63, 3.8) is 0 Å². The quantitative estimate of drug-likeness (QED) is 0.779. The molecule has 3 nitrogen and oxygen atoms in total. The molecule has 0 spiro atoms. The van der Waals surface area contributed by atoms with Crippen LogP contribution in [0.2, 0.25) is 0 Å². The molecule has 0 heterocycles. The van der Waals surface area contributed by atoms with Gasteiger partial charge in [0.1, 0.15) is 0 Å². The summed E-state index contributed by atoms with van der Waals surface area (Å²) in [4.78, 5) is 0.